The van der Waals surface area contributed by atoms with Crippen molar-refractivity contribution in [2.24, 2.45) is 5.92 Å². The molecular weight excluding hydrogens is 238 g/mol. The van der Waals surface area contributed by atoms with Crippen LogP contribution < -0.4 is 0 Å². The molecule has 1 amide bonds. The molecule has 5 heteroatoms. The highest BCUT2D eigenvalue weighted by atomic mass is 32.1. The number of carboxylic acid groups (broad SMARTS) is 1. The summed E-state index contributed by atoms with van der Waals surface area (Å²) >= 11 is 1.58. The molecule has 17 heavy (non-hydrogen) atoms. The van der Waals surface area contributed by atoms with E-state index in [0.717, 1.165) is 5.56 Å². The summed E-state index contributed by atoms with van der Waals surface area (Å²) in [6.07, 6.45) is 1.58. The quantitative estimate of drug-likeness (QED) is 0.890. The molecule has 1 aliphatic heterocycles. The lowest BCUT2D eigenvalue weighted by atomic mass is 9.97. The second kappa shape index (κ2) is 5.31. The van der Waals surface area contributed by atoms with Crippen molar-refractivity contribution < 1.29 is 14.7 Å². The van der Waals surface area contributed by atoms with Gasteiger partial charge in [0.2, 0.25) is 5.91 Å². The lowest BCUT2D eigenvalue weighted by molar-refractivity contribution is -0.145. The van der Waals surface area contributed by atoms with Gasteiger partial charge in [-0.05, 0) is 35.2 Å². The van der Waals surface area contributed by atoms with Crippen molar-refractivity contribution >= 4 is 23.2 Å². The van der Waals surface area contributed by atoms with Crippen LogP contribution in [-0.4, -0.2) is 35.0 Å². The zero-order valence-electron chi connectivity index (χ0n) is 9.46. The van der Waals surface area contributed by atoms with Gasteiger partial charge in [-0.15, -0.1) is 0 Å². The van der Waals surface area contributed by atoms with E-state index in [1.165, 1.54) is 0 Å². The highest BCUT2D eigenvalue weighted by Crippen LogP contribution is 2.18. The molecule has 0 bridgehead atoms. The molecule has 2 rings (SSSR count). The van der Waals surface area contributed by atoms with Gasteiger partial charge in [0.25, 0.3) is 0 Å². The minimum Gasteiger partial charge on any atom is -0.481 e. The number of thiophene rings is 1. The third-order valence-electron chi connectivity index (χ3n) is 3.13. The Morgan fingerprint density at radius 3 is 2.65 bits per heavy atom. The van der Waals surface area contributed by atoms with Crippen LogP contribution in [0.25, 0.3) is 0 Å². The van der Waals surface area contributed by atoms with Gasteiger partial charge in [0.15, 0.2) is 0 Å². The molecule has 0 aliphatic carbocycles. The molecule has 0 saturated carbocycles. The molecule has 2 heterocycles. The van der Waals surface area contributed by atoms with Crippen molar-refractivity contribution in [1.29, 1.82) is 0 Å². The van der Waals surface area contributed by atoms with Crippen molar-refractivity contribution in [3.05, 3.63) is 22.4 Å². The minimum atomic E-state index is -0.741. The molecule has 0 spiro atoms. The maximum atomic E-state index is 11.9. The predicted molar refractivity (Wildman–Crippen MR) is 65.0 cm³/mol. The first-order valence-corrected chi connectivity index (χ1v) is 6.63. The second-order valence-corrected chi connectivity index (χ2v) is 5.08. The molecule has 1 fully saturated rings. The molecule has 4 nitrogen and oxygen atoms in total. The summed E-state index contributed by atoms with van der Waals surface area (Å²) in [6.45, 7) is 1.14. The van der Waals surface area contributed by atoms with Gasteiger partial charge < -0.3 is 10.0 Å². The molecule has 1 aromatic rings. The van der Waals surface area contributed by atoms with Crippen molar-refractivity contribution in [2.75, 3.05) is 13.1 Å². The smallest absolute Gasteiger partial charge is 0.306 e. The van der Waals surface area contributed by atoms with Crippen LogP contribution in [0.3, 0.4) is 0 Å². The van der Waals surface area contributed by atoms with Crippen LogP contribution in [0.15, 0.2) is 16.8 Å². The third kappa shape index (κ3) is 3.06. The van der Waals surface area contributed by atoms with E-state index in [-0.39, 0.29) is 11.8 Å². The molecular formula is C12H15NO3S. The van der Waals surface area contributed by atoms with E-state index in [1.807, 2.05) is 16.8 Å². The van der Waals surface area contributed by atoms with Gasteiger partial charge in [0.1, 0.15) is 0 Å². The zero-order chi connectivity index (χ0) is 12.3. The number of hydrogen-bond acceptors (Lipinski definition) is 3. The van der Waals surface area contributed by atoms with Crippen molar-refractivity contribution in [2.45, 2.75) is 19.3 Å². The molecule has 1 aliphatic rings. The number of likely N-dealkylation sites (tertiary alicyclic amines) is 1. The van der Waals surface area contributed by atoms with E-state index in [2.05, 4.69) is 0 Å². The minimum absolute atomic E-state index is 0.104. The molecule has 92 valence electrons. The van der Waals surface area contributed by atoms with Crippen LogP contribution in [0, 0.1) is 5.92 Å². The van der Waals surface area contributed by atoms with Gasteiger partial charge in [0, 0.05) is 13.1 Å². The highest BCUT2D eigenvalue weighted by Gasteiger charge is 2.26. The lowest BCUT2D eigenvalue weighted by Crippen LogP contribution is -2.40. The summed E-state index contributed by atoms with van der Waals surface area (Å²) in [5.74, 6) is -0.914. The van der Waals surface area contributed by atoms with Gasteiger partial charge in [-0.2, -0.15) is 11.3 Å². The summed E-state index contributed by atoms with van der Waals surface area (Å²) in [4.78, 5) is 24.5. The number of aliphatic carboxylic acids is 1. The first-order chi connectivity index (χ1) is 8.16. The second-order valence-electron chi connectivity index (χ2n) is 4.30. The fraction of sp³-hybridized carbons (Fsp3) is 0.500. The fourth-order valence-electron chi connectivity index (χ4n) is 2.06. The average Bonchev–Trinajstić information content (AvgIpc) is 2.82. The molecule has 1 N–H and O–H groups in total. The number of nitrogens with zero attached hydrogens (tertiary/aromatic N) is 1. The Morgan fingerprint density at radius 1 is 1.41 bits per heavy atom. The third-order valence-corrected chi connectivity index (χ3v) is 3.86. The number of carboxylic acids is 1. The van der Waals surface area contributed by atoms with Crippen LogP contribution in [0.5, 0.6) is 0 Å². The zero-order valence-corrected chi connectivity index (χ0v) is 10.3. The van der Waals surface area contributed by atoms with E-state index >= 15 is 0 Å². The van der Waals surface area contributed by atoms with Crippen LogP contribution in [0.4, 0.5) is 0 Å². The number of carbonyl (C=O) groups excluding carboxylic acids is 1. The largest absolute Gasteiger partial charge is 0.481 e. The summed E-state index contributed by atoms with van der Waals surface area (Å²) in [5, 5.41) is 12.8. The van der Waals surface area contributed by atoms with Crippen LogP contribution in [0.2, 0.25) is 0 Å². The maximum absolute atomic E-state index is 11.9. The van der Waals surface area contributed by atoms with Gasteiger partial charge in [0.05, 0.1) is 12.3 Å². The lowest BCUT2D eigenvalue weighted by Gasteiger charge is -2.30. The molecule has 0 unspecified atom stereocenters. The van der Waals surface area contributed by atoms with E-state index < -0.39 is 5.97 Å². The Bertz CT molecular complexity index is 394. The fourth-order valence-corrected chi connectivity index (χ4v) is 2.72. The molecule has 0 radical (unpaired) electrons. The summed E-state index contributed by atoms with van der Waals surface area (Å²) in [5.41, 5.74) is 1.04. The number of rotatable bonds is 3. The average molecular weight is 253 g/mol. The normalized spacial score (nSPS) is 17.1. The Balaban J connectivity index is 1.84. The molecule has 1 saturated heterocycles. The number of piperidine rings is 1. The van der Waals surface area contributed by atoms with E-state index in [9.17, 15) is 9.59 Å². The molecule has 0 aromatic carbocycles. The van der Waals surface area contributed by atoms with E-state index in [0.29, 0.717) is 32.4 Å². The predicted octanol–water partition coefficient (Wildman–Crippen LogP) is 1.61. The number of carbonyl (C=O) groups is 2. The van der Waals surface area contributed by atoms with Crippen molar-refractivity contribution in [3.8, 4) is 0 Å². The monoisotopic (exact) mass is 253 g/mol. The SMILES string of the molecule is O=C(O)C1CCN(C(=O)Cc2ccsc2)CC1. The number of amides is 1. The van der Waals surface area contributed by atoms with Gasteiger partial charge in [-0.1, -0.05) is 0 Å². The van der Waals surface area contributed by atoms with E-state index in [1.54, 1.807) is 16.2 Å². The Labute approximate surface area is 104 Å². The standard InChI is InChI=1S/C12H15NO3S/c14-11(7-9-3-6-17-8-9)13-4-1-10(2-5-13)12(15)16/h3,6,8,10H,1-2,4-5,7H2,(H,15,16). The molecule has 1 aromatic heterocycles. The topological polar surface area (TPSA) is 57.6 Å². The van der Waals surface area contributed by atoms with E-state index in [4.69, 9.17) is 5.11 Å². The summed E-state index contributed by atoms with van der Waals surface area (Å²) < 4.78 is 0. The Morgan fingerprint density at radius 2 is 2.12 bits per heavy atom. The van der Waals surface area contributed by atoms with Gasteiger partial charge >= 0.3 is 5.97 Å². The van der Waals surface area contributed by atoms with Crippen molar-refractivity contribution in [3.63, 3.8) is 0 Å². The van der Waals surface area contributed by atoms with Crippen LogP contribution >= 0.6 is 11.3 Å². The van der Waals surface area contributed by atoms with Crippen LogP contribution in [0.1, 0.15) is 18.4 Å². The van der Waals surface area contributed by atoms with Crippen LogP contribution in [-0.2, 0) is 16.0 Å². The molecule has 0 atom stereocenters. The Hall–Kier alpha value is -1.36. The summed E-state index contributed by atoms with van der Waals surface area (Å²) in [6, 6.07) is 1.95. The van der Waals surface area contributed by atoms with Crippen molar-refractivity contribution in [1.82, 2.24) is 4.90 Å². The Kier molecular flexibility index (Phi) is 3.78. The first kappa shape index (κ1) is 12.1. The number of hydrogen-bond donors (Lipinski definition) is 1. The summed E-state index contributed by atoms with van der Waals surface area (Å²) in [7, 11) is 0. The van der Waals surface area contributed by atoms with Gasteiger partial charge in [-0.25, -0.2) is 0 Å². The highest BCUT2D eigenvalue weighted by molar-refractivity contribution is 7.07. The first-order valence-electron chi connectivity index (χ1n) is 5.68. The maximum Gasteiger partial charge on any atom is 0.306 e. The van der Waals surface area contributed by atoms with Gasteiger partial charge in [-0.3, -0.25) is 9.59 Å².